The van der Waals surface area contributed by atoms with Crippen molar-refractivity contribution in [3.63, 3.8) is 0 Å². The first-order valence-electron chi connectivity index (χ1n) is 16.7. The van der Waals surface area contributed by atoms with Crippen molar-refractivity contribution in [3.8, 4) is 0 Å². The summed E-state index contributed by atoms with van der Waals surface area (Å²) in [6.07, 6.45) is 7.12. The molecule has 0 saturated heterocycles. The number of aromatic nitrogens is 2. The Morgan fingerprint density at radius 3 is 1.85 bits per heavy atom. The molecule has 0 spiro atoms. The fourth-order valence-corrected chi connectivity index (χ4v) is 7.93. The molecule has 16 heteroatoms. The summed E-state index contributed by atoms with van der Waals surface area (Å²) in [4.78, 5) is 83.8. The topological polar surface area (TPSA) is 220 Å². The Bertz CT molecular complexity index is 1940. The molecule has 0 aliphatic heterocycles. The number of carbonyl (C=O) groups excluding carboxylic acids is 6. The number of carbonyl (C=O) groups is 6. The lowest BCUT2D eigenvalue weighted by Gasteiger charge is -2.20. The van der Waals surface area contributed by atoms with Gasteiger partial charge in [-0.1, -0.05) is 45.9 Å². The Hall–Kier alpha value is -5.22. The summed E-state index contributed by atoms with van der Waals surface area (Å²) in [7, 11) is 2.97. The highest BCUT2D eigenvalue weighted by Gasteiger charge is 2.19. The highest BCUT2D eigenvalue weighted by Crippen LogP contribution is 2.43. The van der Waals surface area contributed by atoms with Gasteiger partial charge < -0.3 is 32.3 Å². The molecular formula is C36H42N8O6S2. The standard InChI is InChI=1S/C36H42N8O6S2/c1-22(46)42-27(34(37)48)11-3-5-17-41-36(50)25-15-18-39-32-24(25)9-7-13-30(32)51-52-31-14-8-10-26-29(16-19-40-33(26)31)44(21-45)20-6-4-12-28(35(38)49)43-23(2)47/h7-10,13-16,18-19,21,27-28H,3-6,11-12,17,20H2,1-2H3,(H2,37,48)(H2,38,49)(H,41,50)(H,42,46)(H,43,47)/t27-,28+/m0/s1. The second-order valence-electron chi connectivity index (χ2n) is 12.0. The summed E-state index contributed by atoms with van der Waals surface area (Å²) in [6, 6.07) is 13.4. The van der Waals surface area contributed by atoms with Crippen molar-refractivity contribution >= 4 is 85.0 Å². The Morgan fingerprint density at radius 2 is 1.29 bits per heavy atom. The fourth-order valence-electron chi connectivity index (χ4n) is 5.65. The number of hydrogen-bond donors (Lipinski definition) is 5. The Balaban J connectivity index is 1.41. The summed E-state index contributed by atoms with van der Waals surface area (Å²) in [5, 5.41) is 9.52. The molecule has 2 aromatic carbocycles. The second-order valence-corrected chi connectivity index (χ2v) is 14.2. The van der Waals surface area contributed by atoms with E-state index >= 15 is 0 Å². The largest absolute Gasteiger partial charge is 0.368 e. The number of nitrogens with one attached hydrogen (secondary N) is 3. The van der Waals surface area contributed by atoms with Crippen LogP contribution in [0, 0.1) is 0 Å². The highest BCUT2D eigenvalue weighted by atomic mass is 33.1. The van der Waals surface area contributed by atoms with E-state index in [0.717, 1.165) is 27.1 Å². The van der Waals surface area contributed by atoms with Crippen molar-refractivity contribution in [1.82, 2.24) is 25.9 Å². The van der Waals surface area contributed by atoms with Gasteiger partial charge in [-0.3, -0.25) is 38.7 Å². The van der Waals surface area contributed by atoms with Crippen LogP contribution in [-0.2, 0) is 24.0 Å². The zero-order valence-corrected chi connectivity index (χ0v) is 30.6. The number of fused-ring (bicyclic) bond motifs is 2. The number of pyridine rings is 2. The van der Waals surface area contributed by atoms with Gasteiger partial charge in [0.2, 0.25) is 30.0 Å². The van der Waals surface area contributed by atoms with Crippen LogP contribution in [0.4, 0.5) is 5.69 Å². The number of hydrogen-bond acceptors (Lipinski definition) is 10. The number of nitrogens with two attached hydrogens (primary N) is 2. The molecule has 0 aliphatic rings. The molecule has 4 rings (SSSR count). The monoisotopic (exact) mass is 746 g/mol. The molecule has 52 heavy (non-hydrogen) atoms. The van der Waals surface area contributed by atoms with Crippen molar-refractivity contribution in [3.05, 3.63) is 66.5 Å². The minimum absolute atomic E-state index is 0.249. The van der Waals surface area contributed by atoms with Crippen LogP contribution in [0.25, 0.3) is 21.8 Å². The van der Waals surface area contributed by atoms with Crippen LogP contribution in [0.1, 0.15) is 62.7 Å². The van der Waals surface area contributed by atoms with Crippen LogP contribution in [0.15, 0.2) is 70.7 Å². The van der Waals surface area contributed by atoms with E-state index < -0.39 is 23.9 Å². The van der Waals surface area contributed by atoms with Gasteiger partial charge in [0.25, 0.3) is 5.91 Å². The lowest BCUT2D eigenvalue weighted by Crippen LogP contribution is -2.43. The summed E-state index contributed by atoms with van der Waals surface area (Å²) in [5.74, 6) is -2.10. The molecule has 274 valence electrons. The second kappa shape index (κ2) is 19.4. The summed E-state index contributed by atoms with van der Waals surface area (Å²) >= 11 is 0. The highest BCUT2D eigenvalue weighted by molar-refractivity contribution is 8.76. The van der Waals surface area contributed by atoms with Gasteiger partial charge in [-0.05, 0) is 62.8 Å². The van der Waals surface area contributed by atoms with Gasteiger partial charge in [0.15, 0.2) is 0 Å². The molecule has 2 aromatic heterocycles. The summed E-state index contributed by atoms with van der Waals surface area (Å²) in [6.45, 7) is 3.43. The molecule has 2 heterocycles. The Morgan fingerprint density at radius 1 is 0.750 bits per heavy atom. The molecule has 6 amide bonds. The molecule has 0 radical (unpaired) electrons. The minimum atomic E-state index is -0.759. The van der Waals surface area contributed by atoms with E-state index in [-0.39, 0.29) is 17.7 Å². The number of para-hydroxylation sites is 2. The third-order valence-corrected chi connectivity index (χ3v) is 10.6. The van der Waals surface area contributed by atoms with Crippen LogP contribution in [0.3, 0.4) is 0 Å². The SMILES string of the molecule is CC(=O)N[C@@H](CCCCNC(=O)c1ccnc2c(SSc3cccc4c(N(C=O)CCCC[C@@H](NC(C)=O)C(N)=O)ccnc34)cccc12)C(N)=O. The minimum Gasteiger partial charge on any atom is -0.368 e. The average molecular weight is 747 g/mol. The van der Waals surface area contributed by atoms with E-state index in [1.165, 1.54) is 35.4 Å². The van der Waals surface area contributed by atoms with Gasteiger partial charge in [-0.15, -0.1) is 0 Å². The third-order valence-electron chi connectivity index (χ3n) is 8.14. The first-order valence-corrected chi connectivity index (χ1v) is 18.9. The third kappa shape index (κ3) is 10.9. The van der Waals surface area contributed by atoms with Crippen molar-refractivity contribution < 1.29 is 28.8 Å². The molecule has 0 bridgehead atoms. The van der Waals surface area contributed by atoms with Crippen molar-refractivity contribution in [2.45, 2.75) is 74.2 Å². The van der Waals surface area contributed by atoms with Crippen molar-refractivity contribution in [2.24, 2.45) is 11.5 Å². The van der Waals surface area contributed by atoms with E-state index in [1.54, 1.807) is 29.4 Å². The lowest BCUT2D eigenvalue weighted by molar-refractivity contribution is -0.126. The van der Waals surface area contributed by atoms with Crippen LogP contribution >= 0.6 is 21.6 Å². The molecule has 14 nitrogen and oxygen atoms in total. The maximum atomic E-state index is 13.2. The van der Waals surface area contributed by atoms with E-state index in [0.29, 0.717) is 73.8 Å². The van der Waals surface area contributed by atoms with E-state index in [1.807, 2.05) is 36.4 Å². The predicted octanol–water partition coefficient (Wildman–Crippen LogP) is 3.60. The quantitative estimate of drug-likeness (QED) is 0.0503. The van der Waals surface area contributed by atoms with E-state index in [2.05, 4.69) is 25.9 Å². The first-order chi connectivity index (χ1) is 25.0. The van der Waals surface area contributed by atoms with Crippen molar-refractivity contribution in [1.29, 1.82) is 0 Å². The smallest absolute Gasteiger partial charge is 0.252 e. The Kier molecular flexibility index (Phi) is 14.8. The maximum Gasteiger partial charge on any atom is 0.252 e. The van der Waals surface area contributed by atoms with E-state index in [9.17, 15) is 28.8 Å². The summed E-state index contributed by atoms with van der Waals surface area (Å²) < 4.78 is 0. The first kappa shape index (κ1) is 39.6. The van der Waals surface area contributed by atoms with Gasteiger partial charge in [-0.2, -0.15) is 0 Å². The van der Waals surface area contributed by atoms with Crippen molar-refractivity contribution in [2.75, 3.05) is 18.0 Å². The fraction of sp³-hybridized carbons (Fsp3) is 0.333. The molecular weight excluding hydrogens is 705 g/mol. The number of unbranched alkanes of at least 4 members (excludes halogenated alkanes) is 2. The Labute approximate surface area is 309 Å². The predicted molar refractivity (Wildman–Crippen MR) is 202 cm³/mol. The van der Waals surface area contributed by atoms with Crippen LogP contribution in [0.5, 0.6) is 0 Å². The zero-order valence-electron chi connectivity index (χ0n) is 28.9. The average Bonchev–Trinajstić information content (AvgIpc) is 3.11. The number of anilines is 1. The lowest BCUT2D eigenvalue weighted by atomic mass is 10.1. The van der Waals surface area contributed by atoms with Crippen LogP contribution < -0.4 is 32.3 Å². The molecule has 0 aliphatic carbocycles. The van der Waals surface area contributed by atoms with E-state index in [4.69, 9.17) is 11.5 Å². The molecule has 2 atom stereocenters. The normalized spacial score (nSPS) is 12.1. The molecule has 4 aromatic rings. The number of nitrogens with zero attached hydrogens (tertiary/aromatic N) is 3. The molecule has 7 N–H and O–H groups in total. The van der Waals surface area contributed by atoms with Gasteiger partial charge in [0.05, 0.1) is 22.3 Å². The van der Waals surface area contributed by atoms with Crippen LogP contribution in [0.2, 0.25) is 0 Å². The number of benzene rings is 2. The van der Waals surface area contributed by atoms with Gasteiger partial charge in [0.1, 0.15) is 12.1 Å². The van der Waals surface area contributed by atoms with Gasteiger partial charge in [-0.25, -0.2) is 0 Å². The molecule has 0 unspecified atom stereocenters. The number of rotatable bonds is 20. The number of amides is 6. The number of primary amides is 2. The van der Waals surface area contributed by atoms with Gasteiger partial charge >= 0.3 is 0 Å². The zero-order chi connectivity index (χ0) is 37.6. The maximum absolute atomic E-state index is 13.2. The van der Waals surface area contributed by atoms with Crippen LogP contribution in [-0.4, -0.2) is 71.1 Å². The van der Waals surface area contributed by atoms with Gasteiger partial charge in [0, 0.05) is 59.9 Å². The molecule has 0 saturated carbocycles. The summed E-state index contributed by atoms with van der Waals surface area (Å²) in [5.41, 5.74) is 13.3. The molecule has 0 fully saturated rings.